The van der Waals surface area contributed by atoms with Crippen molar-refractivity contribution >= 4 is 11.6 Å². The SMILES string of the molecule is COc1cc(Cl)ccc1C(NN)C1CCCCC1. The first-order chi connectivity index (χ1) is 8.76. The largest absolute Gasteiger partial charge is 0.496 e. The van der Waals surface area contributed by atoms with Gasteiger partial charge in [-0.05, 0) is 30.9 Å². The quantitative estimate of drug-likeness (QED) is 0.650. The number of benzene rings is 1. The minimum absolute atomic E-state index is 0.150. The molecule has 1 aliphatic rings. The molecule has 100 valence electrons. The van der Waals surface area contributed by atoms with Crippen molar-refractivity contribution in [3.05, 3.63) is 28.8 Å². The summed E-state index contributed by atoms with van der Waals surface area (Å²) in [6.45, 7) is 0. The minimum atomic E-state index is 0.150. The van der Waals surface area contributed by atoms with Crippen molar-refractivity contribution in [1.82, 2.24) is 5.43 Å². The Labute approximate surface area is 114 Å². The zero-order valence-corrected chi connectivity index (χ0v) is 11.5. The van der Waals surface area contributed by atoms with Crippen LogP contribution >= 0.6 is 11.6 Å². The standard InChI is InChI=1S/C14H21ClN2O/c1-18-13-9-11(15)7-8-12(13)14(17-16)10-5-3-2-4-6-10/h7-10,14,17H,2-6,16H2,1H3. The zero-order valence-electron chi connectivity index (χ0n) is 10.8. The van der Waals surface area contributed by atoms with Crippen LogP contribution in [0.5, 0.6) is 5.75 Å². The molecule has 0 aromatic heterocycles. The smallest absolute Gasteiger partial charge is 0.125 e. The average molecular weight is 269 g/mol. The summed E-state index contributed by atoms with van der Waals surface area (Å²) < 4.78 is 5.42. The summed E-state index contributed by atoms with van der Waals surface area (Å²) in [6.07, 6.45) is 6.37. The van der Waals surface area contributed by atoms with E-state index in [1.54, 1.807) is 7.11 Å². The highest BCUT2D eigenvalue weighted by atomic mass is 35.5. The van der Waals surface area contributed by atoms with Crippen molar-refractivity contribution in [3.8, 4) is 5.75 Å². The topological polar surface area (TPSA) is 47.3 Å². The number of rotatable bonds is 4. The highest BCUT2D eigenvalue weighted by Crippen LogP contribution is 2.38. The second kappa shape index (κ2) is 6.41. The highest BCUT2D eigenvalue weighted by molar-refractivity contribution is 6.30. The molecule has 1 aromatic rings. The predicted molar refractivity (Wildman–Crippen MR) is 74.6 cm³/mol. The molecule has 3 N–H and O–H groups in total. The van der Waals surface area contributed by atoms with Gasteiger partial charge in [-0.25, -0.2) is 0 Å². The number of nitrogens with one attached hydrogen (secondary N) is 1. The van der Waals surface area contributed by atoms with E-state index < -0.39 is 0 Å². The first kappa shape index (κ1) is 13.7. The number of halogens is 1. The predicted octanol–water partition coefficient (Wildman–Crippen LogP) is 3.43. The number of hydrogen-bond acceptors (Lipinski definition) is 3. The van der Waals surface area contributed by atoms with Gasteiger partial charge in [0.25, 0.3) is 0 Å². The van der Waals surface area contributed by atoms with Gasteiger partial charge in [-0.15, -0.1) is 0 Å². The molecule has 0 radical (unpaired) electrons. The van der Waals surface area contributed by atoms with Crippen LogP contribution < -0.4 is 16.0 Å². The van der Waals surface area contributed by atoms with Crippen LogP contribution in [-0.2, 0) is 0 Å². The average Bonchev–Trinajstić information content (AvgIpc) is 2.42. The van der Waals surface area contributed by atoms with E-state index in [0.29, 0.717) is 10.9 Å². The zero-order chi connectivity index (χ0) is 13.0. The third kappa shape index (κ3) is 2.97. The van der Waals surface area contributed by atoms with Gasteiger partial charge >= 0.3 is 0 Å². The Morgan fingerprint density at radius 2 is 2.06 bits per heavy atom. The van der Waals surface area contributed by atoms with Crippen LogP contribution in [0.15, 0.2) is 18.2 Å². The van der Waals surface area contributed by atoms with Gasteiger partial charge in [-0.3, -0.25) is 11.3 Å². The second-order valence-corrected chi connectivity index (χ2v) is 5.37. The van der Waals surface area contributed by atoms with E-state index >= 15 is 0 Å². The summed E-state index contributed by atoms with van der Waals surface area (Å²) >= 11 is 6.00. The normalized spacial score (nSPS) is 18.6. The molecule has 0 amide bonds. The van der Waals surface area contributed by atoms with Gasteiger partial charge in [0.05, 0.1) is 13.2 Å². The van der Waals surface area contributed by atoms with E-state index in [1.165, 1.54) is 32.1 Å². The maximum absolute atomic E-state index is 6.00. The number of hydrogen-bond donors (Lipinski definition) is 2. The molecule has 0 aliphatic heterocycles. The molecule has 1 saturated carbocycles. The first-order valence-corrected chi connectivity index (χ1v) is 6.93. The van der Waals surface area contributed by atoms with Crippen molar-refractivity contribution in [2.45, 2.75) is 38.1 Å². The lowest BCUT2D eigenvalue weighted by molar-refractivity contribution is 0.267. The molecule has 0 bridgehead atoms. The van der Waals surface area contributed by atoms with Gasteiger partial charge in [0, 0.05) is 10.6 Å². The molecule has 1 aromatic carbocycles. The van der Waals surface area contributed by atoms with Crippen LogP contribution in [0, 0.1) is 5.92 Å². The Balaban J connectivity index is 2.25. The van der Waals surface area contributed by atoms with Gasteiger partial charge in [0.2, 0.25) is 0 Å². The third-order valence-corrected chi connectivity index (χ3v) is 4.07. The second-order valence-electron chi connectivity index (χ2n) is 4.93. The molecular weight excluding hydrogens is 248 g/mol. The van der Waals surface area contributed by atoms with Gasteiger partial charge < -0.3 is 4.74 Å². The summed E-state index contributed by atoms with van der Waals surface area (Å²) in [4.78, 5) is 0. The molecule has 1 fully saturated rings. The van der Waals surface area contributed by atoms with Crippen LogP contribution in [0.25, 0.3) is 0 Å². The lowest BCUT2D eigenvalue weighted by Gasteiger charge is -2.31. The van der Waals surface area contributed by atoms with E-state index in [0.717, 1.165) is 11.3 Å². The van der Waals surface area contributed by atoms with Crippen LogP contribution in [0.4, 0.5) is 0 Å². The molecule has 1 aliphatic carbocycles. The first-order valence-electron chi connectivity index (χ1n) is 6.56. The van der Waals surface area contributed by atoms with Crippen molar-refractivity contribution in [2.75, 3.05) is 7.11 Å². The van der Waals surface area contributed by atoms with Crippen molar-refractivity contribution < 1.29 is 4.74 Å². The lowest BCUT2D eigenvalue weighted by atomic mass is 9.81. The Bertz CT molecular complexity index is 391. The summed E-state index contributed by atoms with van der Waals surface area (Å²) in [6, 6.07) is 5.91. The molecule has 4 heteroatoms. The van der Waals surface area contributed by atoms with E-state index in [4.69, 9.17) is 22.2 Å². The molecule has 1 atom stereocenters. The third-order valence-electron chi connectivity index (χ3n) is 3.83. The van der Waals surface area contributed by atoms with Gasteiger partial charge in [0.15, 0.2) is 0 Å². The fourth-order valence-electron chi connectivity index (χ4n) is 2.89. The summed E-state index contributed by atoms with van der Waals surface area (Å²) in [5, 5.41) is 0.690. The van der Waals surface area contributed by atoms with Crippen molar-refractivity contribution in [2.24, 2.45) is 11.8 Å². The van der Waals surface area contributed by atoms with Crippen LogP contribution in [0.1, 0.15) is 43.7 Å². The molecule has 18 heavy (non-hydrogen) atoms. The summed E-state index contributed by atoms with van der Waals surface area (Å²) in [5.41, 5.74) is 4.07. The van der Waals surface area contributed by atoms with Crippen molar-refractivity contribution in [1.29, 1.82) is 0 Å². The number of nitrogens with two attached hydrogens (primary N) is 1. The summed E-state index contributed by atoms with van der Waals surface area (Å²) in [7, 11) is 1.67. The van der Waals surface area contributed by atoms with E-state index in [-0.39, 0.29) is 6.04 Å². The highest BCUT2D eigenvalue weighted by Gasteiger charge is 2.26. The van der Waals surface area contributed by atoms with Gasteiger partial charge in [-0.1, -0.05) is 36.9 Å². The fraction of sp³-hybridized carbons (Fsp3) is 0.571. The van der Waals surface area contributed by atoms with Crippen molar-refractivity contribution in [3.63, 3.8) is 0 Å². The Morgan fingerprint density at radius 3 is 2.67 bits per heavy atom. The number of hydrazine groups is 1. The lowest BCUT2D eigenvalue weighted by Crippen LogP contribution is -2.34. The van der Waals surface area contributed by atoms with Crippen LogP contribution in [-0.4, -0.2) is 7.11 Å². The molecule has 0 heterocycles. The molecular formula is C14H21ClN2O. The molecule has 0 spiro atoms. The number of methoxy groups -OCH3 is 1. The van der Waals surface area contributed by atoms with Gasteiger partial charge in [0.1, 0.15) is 5.75 Å². The minimum Gasteiger partial charge on any atom is -0.496 e. The molecule has 0 saturated heterocycles. The van der Waals surface area contributed by atoms with Crippen LogP contribution in [0.2, 0.25) is 5.02 Å². The maximum Gasteiger partial charge on any atom is 0.125 e. The summed E-state index contributed by atoms with van der Waals surface area (Å²) in [5.74, 6) is 7.16. The maximum atomic E-state index is 6.00. The Hall–Kier alpha value is -0.770. The molecule has 1 unspecified atom stereocenters. The van der Waals surface area contributed by atoms with E-state index in [9.17, 15) is 0 Å². The van der Waals surface area contributed by atoms with E-state index in [1.807, 2.05) is 18.2 Å². The molecule has 2 rings (SSSR count). The fourth-order valence-corrected chi connectivity index (χ4v) is 3.05. The Morgan fingerprint density at radius 1 is 1.33 bits per heavy atom. The van der Waals surface area contributed by atoms with Crippen LogP contribution in [0.3, 0.4) is 0 Å². The monoisotopic (exact) mass is 268 g/mol. The Kier molecular flexibility index (Phi) is 4.87. The van der Waals surface area contributed by atoms with E-state index in [2.05, 4.69) is 5.43 Å². The number of ether oxygens (including phenoxy) is 1. The van der Waals surface area contributed by atoms with Gasteiger partial charge in [-0.2, -0.15) is 0 Å². The molecule has 3 nitrogen and oxygen atoms in total.